The molecule has 1 N–H and O–H groups in total. The molecule has 0 saturated carbocycles. The molecule has 0 aromatic heterocycles. The first kappa shape index (κ1) is 10.9. The van der Waals surface area contributed by atoms with Crippen molar-refractivity contribution in [1.82, 2.24) is 4.31 Å². The van der Waals surface area contributed by atoms with Gasteiger partial charge in [-0.2, -0.15) is 4.31 Å². The summed E-state index contributed by atoms with van der Waals surface area (Å²) in [6.45, 7) is 4.11. The van der Waals surface area contributed by atoms with Crippen LogP contribution in [-0.2, 0) is 10.0 Å². The molecule has 0 amide bonds. The van der Waals surface area contributed by atoms with Gasteiger partial charge in [-0.3, -0.25) is 0 Å². The van der Waals surface area contributed by atoms with Gasteiger partial charge in [0.2, 0.25) is 10.0 Å². The van der Waals surface area contributed by atoms with Crippen LogP contribution in [0.1, 0.15) is 26.7 Å². The molecule has 0 aromatic rings. The van der Waals surface area contributed by atoms with Crippen molar-refractivity contribution >= 4 is 10.0 Å². The van der Waals surface area contributed by atoms with Crippen molar-refractivity contribution in [3.63, 3.8) is 0 Å². The molecule has 78 valence electrons. The molecule has 1 fully saturated rings. The third-order valence-electron chi connectivity index (χ3n) is 2.18. The number of hydrogen-bond acceptors (Lipinski definition) is 3. The van der Waals surface area contributed by atoms with Crippen molar-refractivity contribution in [2.24, 2.45) is 0 Å². The van der Waals surface area contributed by atoms with Crippen molar-refractivity contribution in [3.05, 3.63) is 0 Å². The van der Waals surface area contributed by atoms with Gasteiger partial charge in [-0.05, 0) is 13.3 Å². The first-order valence-corrected chi connectivity index (χ1v) is 6.18. The number of aliphatic hydroxyl groups is 1. The van der Waals surface area contributed by atoms with E-state index in [0.717, 1.165) is 6.42 Å². The van der Waals surface area contributed by atoms with Crippen LogP contribution in [0, 0.1) is 0 Å². The van der Waals surface area contributed by atoms with E-state index in [1.54, 1.807) is 6.92 Å². The monoisotopic (exact) mass is 207 g/mol. The first-order valence-electron chi connectivity index (χ1n) is 4.57. The molecule has 0 atom stereocenters. The predicted octanol–water partition coefficient (Wildman–Crippen LogP) is 0.183. The summed E-state index contributed by atoms with van der Waals surface area (Å²) < 4.78 is 24.3. The van der Waals surface area contributed by atoms with Crippen LogP contribution in [0.25, 0.3) is 0 Å². The van der Waals surface area contributed by atoms with Crippen molar-refractivity contribution in [2.75, 3.05) is 18.8 Å². The van der Waals surface area contributed by atoms with Crippen molar-refractivity contribution in [1.29, 1.82) is 0 Å². The van der Waals surface area contributed by atoms with Crippen LogP contribution in [0.2, 0.25) is 0 Å². The second-order valence-corrected chi connectivity index (χ2v) is 6.02. The highest BCUT2D eigenvalue weighted by atomic mass is 32.2. The summed E-state index contributed by atoms with van der Waals surface area (Å²) in [6, 6.07) is 0. The Morgan fingerprint density at radius 1 is 1.46 bits per heavy atom. The molecular formula is C8H17NO3S. The second-order valence-electron chi connectivity index (χ2n) is 3.93. The molecule has 1 aliphatic heterocycles. The Morgan fingerprint density at radius 2 is 2.00 bits per heavy atom. The zero-order valence-electron chi connectivity index (χ0n) is 8.15. The summed E-state index contributed by atoms with van der Waals surface area (Å²) in [4.78, 5) is 0. The summed E-state index contributed by atoms with van der Waals surface area (Å²) in [5, 5.41) is 9.37. The topological polar surface area (TPSA) is 57.6 Å². The normalized spacial score (nSPS) is 22.7. The number of rotatable bonds is 4. The third-order valence-corrected chi connectivity index (χ3v) is 4.03. The van der Waals surface area contributed by atoms with Gasteiger partial charge < -0.3 is 5.11 Å². The molecule has 0 radical (unpaired) electrons. The number of hydrogen-bond donors (Lipinski definition) is 1. The van der Waals surface area contributed by atoms with Gasteiger partial charge in [0.15, 0.2) is 0 Å². The summed E-state index contributed by atoms with van der Waals surface area (Å²) in [5.41, 5.74) is -0.806. The fourth-order valence-electron chi connectivity index (χ4n) is 1.37. The molecule has 0 unspecified atom stereocenters. The average Bonchev–Trinajstić information content (AvgIpc) is 1.96. The average molecular weight is 207 g/mol. The lowest BCUT2D eigenvalue weighted by atomic mass is 10.0. The van der Waals surface area contributed by atoms with Gasteiger partial charge in [0.25, 0.3) is 0 Å². The van der Waals surface area contributed by atoms with E-state index in [0.29, 0.717) is 6.42 Å². The quantitative estimate of drug-likeness (QED) is 0.715. The van der Waals surface area contributed by atoms with Gasteiger partial charge in [-0.1, -0.05) is 13.3 Å². The summed E-state index contributed by atoms with van der Waals surface area (Å²) in [5.74, 6) is 0.208. The summed E-state index contributed by atoms with van der Waals surface area (Å²) >= 11 is 0. The van der Waals surface area contributed by atoms with Gasteiger partial charge in [0.05, 0.1) is 11.4 Å². The molecule has 0 spiro atoms. The predicted molar refractivity (Wildman–Crippen MR) is 50.9 cm³/mol. The fourth-order valence-corrected chi connectivity index (χ4v) is 3.23. The van der Waals surface area contributed by atoms with Crippen LogP contribution in [0.4, 0.5) is 0 Å². The molecule has 5 heteroatoms. The number of nitrogens with zero attached hydrogens (tertiary/aromatic N) is 1. The molecule has 4 nitrogen and oxygen atoms in total. The van der Waals surface area contributed by atoms with Crippen LogP contribution < -0.4 is 0 Å². The minimum absolute atomic E-state index is 0.208. The molecular weight excluding hydrogens is 190 g/mol. The zero-order chi connectivity index (χ0) is 10.1. The molecule has 0 aliphatic carbocycles. The van der Waals surface area contributed by atoms with E-state index in [1.807, 2.05) is 6.92 Å². The van der Waals surface area contributed by atoms with E-state index in [1.165, 1.54) is 4.31 Å². The van der Waals surface area contributed by atoms with Gasteiger partial charge in [-0.25, -0.2) is 8.42 Å². The van der Waals surface area contributed by atoms with E-state index in [2.05, 4.69) is 0 Å². The summed E-state index contributed by atoms with van der Waals surface area (Å²) in [6.07, 6.45) is 1.57. The van der Waals surface area contributed by atoms with Gasteiger partial charge >= 0.3 is 0 Å². The van der Waals surface area contributed by atoms with E-state index in [4.69, 9.17) is 0 Å². The minimum atomic E-state index is -3.08. The molecule has 1 heterocycles. The van der Waals surface area contributed by atoms with E-state index in [9.17, 15) is 13.5 Å². The Kier molecular flexibility index (Phi) is 2.99. The maximum absolute atomic E-state index is 11.5. The van der Waals surface area contributed by atoms with E-state index >= 15 is 0 Å². The lowest BCUT2D eigenvalue weighted by molar-refractivity contribution is -0.0426. The van der Waals surface area contributed by atoms with Gasteiger partial charge in [0, 0.05) is 13.1 Å². The standard InChI is InChI=1S/C8H17NO3S/c1-3-4-5-13(11,12)9-6-8(2,10)7-9/h10H,3-7H2,1-2H3. The molecule has 1 rings (SSSR count). The van der Waals surface area contributed by atoms with Gasteiger partial charge in [-0.15, -0.1) is 0 Å². The van der Waals surface area contributed by atoms with Crippen LogP contribution in [-0.4, -0.2) is 42.3 Å². The second kappa shape index (κ2) is 3.55. The van der Waals surface area contributed by atoms with E-state index in [-0.39, 0.29) is 18.8 Å². The van der Waals surface area contributed by atoms with Crippen molar-refractivity contribution in [3.8, 4) is 0 Å². The van der Waals surface area contributed by atoms with E-state index < -0.39 is 15.6 Å². The maximum atomic E-state index is 11.5. The van der Waals surface area contributed by atoms with Crippen molar-refractivity contribution in [2.45, 2.75) is 32.3 Å². The SMILES string of the molecule is CCCCS(=O)(=O)N1CC(C)(O)C1. The Morgan fingerprint density at radius 3 is 2.38 bits per heavy atom. The van der Waals surface area contributed by atoms with Crippen LogP contribution in [0.3, 0.4) is 0 Å². The highest BCUT2D eigenvalue weighted by molar-refractivity contribution is 7.89. The first-order chi connectivity index (χ1) is 5.87. The smallest absolute Gasteiger partial charge is 0.214 e. The number of unbranched alkanes of at least 4 members (excludes halogenated alkanes) is 1. The minimum Gasteiger partial charge on any atom is -0.387 e. The highest BCUT2D eigenvalue weighted by Gasteiger charge is 2.42. The Bertz CT molecular complexity index is 263. The number of sulfonamides is 1. The Hall–Kier alpha value is -0.130. The maximum Gasteiger partial charge on any atom is 0.214 e. The Labute approximate surface area is 79.6 Å². The lowest BCUT2D eigenvalue weighted by Crippen LogP contribution is -2.61. The molecule has 13 heavy (non-hydrogen) atoms. The molecule has 0 aromatic carbocycles. The zero-order valence-corrected chi connectivity index (χ0v) is 8.97. The third kappa shape index (κ3) is 2.65. The highest BCUT2D eigenvalue weighted by Crippen LogP contribution is 2.23. The Balaban J connectivity index is 2.45. The summed E-state index contributed by atoms with van der Waals surface area (Å²) in [7, 11) is -3.08. The molecule has 1 aliphatic rings. The van der Waals surface area contributed by atoms with Crippen molar-refractivity contribution < 1.29 is 13.5 Å². The van der Waals surface area contributed by atoms with Crippen LogP contribution in [0.5, 0.6) is 0 Å². The van der Waals surface area contributed by atoms with Crippen LogP contribution >= 0.6 is 0 Å². The number of β-amino-alcohol motifs (C(OH)–C–C–N with tert-alkyl or cyclic N) is 1. The largest absolute Gasteiger partial charge is 0.387 e. The van der Waals surface area contributed by atoms with Crippen LogP contribution in [0.15, 0.2) is 0 Å². The lowest BCUT2D eigenvalue weighted by Gasteiger charge is -2.42. The molecule has 1 saturated heterocycles. The fraction of sp³-hybridized carbons (Fsp3) is 1.00. The molecule has 0 bridgehead atoms. The van der Waals surface area contributed by atoms with Gasteiger partial charge in [0.1, 0.15) is 0 Å².